The Bertz CT molecular complexity index is 203. The molecule has 1 rings (SSSR count). The minimum absolute atomic E-state index is 0.386. The number of aromatic hydroxyl groups is 1. The molecule has 0 radical (unpaired) electrons. The molecule has 2 heteroatoms. The molecule has 9 heavy (non-hydrogen) atoms. The van der Waals surface area contributed by atoms with E-state index in [0.717, 1.165) is 12.2 Å². The maximum Gasteiger partial charge on any atom is 0.136 e. The second-order valence-electron chi connectivity index (χ2n) is 2.07. The van der Waals surface area contributed by atoms with Gasteiger partial charge in [0.2, 0.25) is 0 Å². The van der Waals surface area contributed by atoms with Crippen LogP contribution in [0.15, 0.2) is 12.3 Å². The Labute approximate surface area is 54.7 Å². The standard InChI is InChI=1S/C7H11NO/c1-3-8-5-4-7(9)6(8)2/h4-5,9H,3H2,1-2H3. The zero-order valence-corrected chi connectivity index (χ0v) is 5.76. The Kier molecular flexibility index (Phi) is 1.47. The predicted octanol–water partition coefficient (Wildman–Crippen LogP) is 1.52. The summed E-state index contributed by atoms with van der Waals surface area (Å²) < 4.78 is 2.00. The van der Waals surface area contributed by atoms with E-state index in [1.165, 1.54) is 0 Å². The van der Waals surface area contributed by atoms with Gasteiger partial charge in [-0.05, 0) is 19.9 Å². The second kappa shape index (κ2) is 2.13. The number of aryl methyl sites for hydroxylation is 1. The van der Waals surface area contributed by atoms with Crippen molar-refractivity contribution >= 4 is 0 Å². The van der Waals surface area contributed by atoms with Crippen molar-refractivity contribution in [3.8, 4) is 5.75 Å². The third-order valence-electron chi connectivity index (χ3n) is 1.55. The lowest BCUT2D eigenvalue weighted by molar-refractivity contribution is 0.468. The fourth-order valence-electron chi connectivity index (χ4n) is 0.883. The molecular formula is C7H11NO. The van der Waals surface area contributed by atoms with Crippen LogP contribution < -0.4 is 0 Å². The van der Waals surface area contributed by atoms with Crippen LogP contribution in [-0.2, 0) is 6.54 Å². The molecule has 0 saturated heterocycles. The maximum absolute atomic E-state index is 9.05. The van der Waals surface area contributed by atoms with Gasteiger partial charge in [0.25, 0.3) is 0 Å². The Balaban J connectivity index is 3.04. The van der Waals surface area contributed by atoms with Crippen LogP contribution in [-0.4, -0.2) is 9.67 Å². The zero-order valence-electron chi connectivity index (χ0n) is 5.76. The van der Waals surface area contributed by atoms with E-state index in [-0.39, 0.29) is 0 Å². The minimum atomic E-state index is 0.386. The Morgan fingerprint density at radius 3 is 2.56 bits per heavy atom. The van der Waals surface area contributed by atoms with Crippen LogP contribution in [0.4, 0.5) is 0 Å². The van der Waals surface area contributed by atoms with Crippen molar-refractivity contribution in [3.63, 3.8) is 0 Å². The molecule has 0 amide bonds. The lowest BCUT2D eigenvalue weighted by Crippen LogP contribution is -1.92. The minimum Gasteiger partial charge on any atom is -0.506 e. The van der Waals surface area contributed by atoms with Crippen molar-refractivity contribution in [3.05, 3.63) is 18.0 Å². The van der Waals surface area contributed by atoms with Gasteiger partial charge in [-0.25, -0.2) is 0 Å². The highest BCUT2D eigenvalue weighted by Gasteiger charge is 1.98. The van der Waals surface area contributed by atoms with Gasteiger partial charge >= 0.3 is 0 Å². The third kappa shape index (κ3) is 0.922. The van der Waals surface area contributed by atoms with E-state index < -0.39 is 0 Å². The van der Waals surface area contributed by atoms with E-state index in [4.69, 9.17) is 5.11 Å². The Hall–Kier alpha value is -0.920. The number of hydrogen-bond acceptors (Lipinski definition) is 1. The van der Waals surface area contributed by atoms with E-state index >= 15 is 0 Å². The van der Waals surface area contributed by atoms with Gasteiger partial charge in [0, 0.05) is 12.7 Å². The molecule has 0 saturated carbocycles. The summed E-state index contributed by atoms with van der Waals surface area (Å²) in [5, 5.41) is 9.05. The molecule has 1 aromatic rings. The molecule has 1 heterocycles. The molecule has 1 N–H and O–H groups in total. The normalized spacial score (nSPS) is 10.0. The van der Waals surface area contributed by atoms with Gasteiger partial charge in [0.1, 0.15) is 5.75 Å². The van der Waals surface area contributed by atoms with Gasteiger partial charge in [-0.3, -0.25) is 0 Å². The van der Waals surface area contributed by atoms with Gasteiger partial charge in [0.15, 0.2) is 0 Å². The van der Waals surface area contributed by atoms with Crippen molar-refractivity contribution in [2.24, 2.45) is 0 Å². The van der Waals surface area contributed by atoms with E-state index in [1.807, 2.05) is 24.6 Å². The summed E-state index contributed by atoms with van der Waals surface area (Å²) in [4.78, 5) is 0. The van der Waals surface area contributed by atoms with Crippen molar-refractivity contribution in [1.29, 1.82) is 0 Å². The third-order valence-corrected chi connectivity index (χ3v) is 1.55. The summed E-state index contributed by atoms with van der Waals surface area (Å²) >= 11 is 0. The van der Waals surface area contributed by atoms with Crippen molar-refractivity contribution in [2.45, 2.75) is 20.4 Å². The molecule has 0 atom stereocenters. The molecule has 0 fully saturated rings. The van der Waals surface area contributed by atoms with E-state index in [9.17, 15) is 0 Å². The van der Waals surface area contributed by atoms with E-state index in [0.29, 0.717) is 5.75 Å². The fraction of sp³-hybridized carbons (Fsp3) is 0.429. The number of aromatic nitrogens is 1. The Morgan fingerprint density at radius 2 is 2.33 bits per heavy atom. The summed E-state index contributed by atoms with van der Waals surface area (Å²) in [6, 6.07) is 1.71. The van der Waals surface area contributed by atoms with Crippen LogP contribution >= 0.6 is 0 Å². The first-order valence-corrected chi connectivity index (χ1v) is 3.10. The summed E-state index contributed by atoms with van der Waals surface area (Å²) in [5.74, 6) is 0.386. The molecular weight excluding hydrogens is 114 g/mol. The quantitative estimate of drug-likeness (QED) is 0.604. The van der Waals surface area contributed by atoms with Crippen molar-refractivity contribution in [1.82, 2.24) is 4.57 Å². The molecule has 0 aliphatic carbocycles. The van der Waals surface area contributed by atoms with Crippen LogP contribution in [0.1, 0.15) is 12.6 Å². The smallest absolute Gasteiger partial charge is 0.136 e. The zero-order chi connectivity index (χ0) is 6.85. The first-order valence-electron chi connectivity index (χ1n) is 3.10. The monoisotopic (exact) mass is 125 g/mol. The molecule has 0 spiro atoms. The molecule has 0 unspecified atom stereocenters. The molecule has 0 aliphatic heterocycles. The van der Waals surface area contributed by atoms with Crippen LogP contribution in [0.5, 0.6) is 5.75 Å². The Morgan fingerprint density at radius 1 is 1.67 bits per heavy atom. The molecule has 0 aromatic carbocycles. The topological polar surface area (TPSA) is 25.2 Å². The summed E-state index contributed by atoms with van der Waals surface area (Å²) in [6.45, 7) is 4.87. The van der Waals surface area contributed by atoms with Gasteiger partial charge in [-0.2, -0.15) is 0 Å². The second-order valence-corrected chi connectivity index (χ2v) is 2.07. The fourth-order valence-corrected chi connectivity index (χ4v) is 0.883. The van der Waals surface area contributed by atoms with E-state index in [1.54, 1.807) is 6.07 Å². The SMILES string of the molecule is CCn1ccc(O)c1C. The predicted molar refractivity (Wildman–Crippen MR) is 36.5 cm³/mol. The van der Waals surface area contributed by atoms with Gasteiger partial charge < -0.3 is 9.67 Å². The number of nitrogens with zero attached hydrogens (tertiary/aromatic N) is 1. The first-order chi connectivity index (χ1) is 4.25. The van der Waals surface area contributed by atoms with E-state index in [2.05, 4.69) is 0 Å². The van der Waals surface area contributed by atoms with Gasteiger partial charge in [-0.15, -0.1) is 0 Å². The molecule has 0 bridgehead atoms. The van der Waals surface area contributed by atoms with Crippen LogP contribution in [0, 0.1) is 6.92 Å². The lowest BCUT2D eigenvalue weighted by Gasteiger charge is -1.98. The molecule has 2 nitrogen and oxygen atoms in total. The highest BCUT2D eigenvalue weighted by Crippen LogP contribution is 2.15. The summed E-state index contributed by atoms with van der Waals surface area (Å²) in [6.07, 6.45) is 1.88. The molecule has 50 valence electrons. The summed E-state index contributed by atoms with van der Waals surface area (Å²) in [5.41, 5.74) is 0.942. The van der Waals surface area contributed by atoms with Crippen molar-refractivity contribution < 1.29 is 5.11 Å². The highest BCUT2D eigenvalue weighted by atomic mass is 16.3. The number of rotatable bonds is 1. The van der Waals surface area contributed by atoms with Crippen LogP contribution in [0.3, 0.4) is 0 Å². The highest BCUT2D eigenvalue weighted by molar-refractivity contribution is 5.25. The lowest BCUT2D eigenvalue weighted by atomic mass is 10.4. The van der Waals surface area contributed by atoms with Crippen LogP contribution in [0.2, 0.25) is 0 Å². The van der Waals surface area contributed by atoms with Crippen LogP contribution in [0.25, 0.3) is 0 Å². The molecule has 1 aromatic heterocycles. The largest absolute Gasteiger partial charge is 0.506 e. The average molecular weight is 125 g/mol. The van der Waals surface area contributed by atoms with Gasteiger partial charge in [-0.1, -0.05) is 0 Å². The number of hydrogen-bond donors (Lipinski definition) is 1. The van der Waals surface area contributed by atoms with Gasteiger partial charge in [0.05, 0.1) is 5.69 Å². The molecule has 0 aliphatic rings. The summed E-state index contributed by atoms with van der Waals surface area (Å²) in [7, 11) is 0. The maximum atomic E-state index is 9.05. The van der Waals surface area contributed by atoms with Crippen molar-refractivity contribution in [2.75, 3.05) is 0 Å². The first kappa shape index (κ1) is 6.20. The average Bonchev–Trinajstić information content (AvgIpc) is 2.15.